The molecule has 2 atom stereocenters. The molecular weight excluding hydrogens is 358 g/mol. The van der Waals surface area contributed by atoms with Crippen LogP contribution in [0.25, 0.3) is 0 Å². The summed E-state index contributed by atoms with van der Waals surface area (Å²) in [6.07, 6.45) is 1.63. The Kier molecular flexibility index (Phi) is 5.78. The quantitative estimate of drug-likeness (QED) is 0.646. The highest BCUT2D eigenvalue weighted by molar-refractivity contribution is 5.74. The molecule has 0 bridgehead atoms. The molecule has 1 aliphatic carbocycles. The summed E-state index contributed by atoms with van der Waals surface area (Å²) in [7, 11) is 0. The molecule has 0 heterocycles. The van der Waals surface area contributed by atoms with Gasteiger partial charge in [0.05, 0.1) is 6.04 Å². The second kappa shape index (κ2) is 8.25. The van der Waals surface area contributed by atoms with E-state index in [1.807, 2.05) is 24.3 Å². The van der Waals surface area contributed by atoms with Crippen molar-refractivity contribution in [1.82, 2.24) is 5.32 Å². The molecule has 1 amide bonds. The number of fused-ring (bicyclic) bond motifs is 1. The molecule has 2 aromatic carbocycles. The van der Waals surface area contributed by atoms with Gasteiger partial charge in [-0.1, -0.05) is 18.2 Å². The minimum Gasteiger partial charge on any atom is -0.427 e. The number of carbonyl (C=O) groups is 3. The largest absolute Gasteiger partial charge is 0.427 e. The Morgan fingerprint density at radius 2 is 1.43 bits per heavy atom. The molecule has 28 heavy (non-hydrogen) atoms. The van der Waals surface area contributed by atoms with Gasteiger partial charge in [0.2, 0.25) is 5.91 Å². The molecule has 0 unspecified atom stereocenters. The first-order valence-electron chi connectivity index (χ1n) is 9.21. The van der Waals surface area contributed by atoms with Gasteiger partial charge in [0.1, 0.15) is 11.5 Å². The van der Waals surface area contributed by atoms with E-state index in [9.17, 15) is 14.4 Å². The maximum atomic E-state index is 11.6. The molecule has 2 aromatic rings. The average molecular weight is 381 g/mol. The van der Waals surface area contributed by atoms with Crippen molar-refractivity contribution in [2.24, 2.45) is 0 Å². The first kappa shape index (κ1) is 19.6. The van der Waals surface area contributed by atoms with Crippen LogP contribution in [-0.2, 0) is 14.4 Å². The summed E-state index contributed by atoms with van der Waals surface area (Å²) in [6.45, 7) is 4.24. The molecule has 0 radical (unpaired) electrons. The predicted molar refractivity (Wildman–Crippen MR) is 103 cm³/mol. The van der Waals surface area contributed by atoms with Crippen molar-refractivity contribution in [2.45, 2.75) is 45.6 Å². The van der Waals surface area contributed by atoms with E-state index in [2.05, 4.69) is 5.32 Å². The Bertz CT molecular complexity index is 904. The molecule has 0 saturated carbocycles. The van der Waals surface area contributed by atoms with Gasteiger partial charge in [-0.25, -0.2) is 0 Å². The fraction of sp³-hybridized carbons (Fsp3) is 0.318. The second-order valence-electron chi connectivity index (χ2n) is 6.93. The van der Waals surface area contributed by atoms with E-state index in [0.29, 0.717) is 11.5 Å². The second-order valence-corrected chi connectivity index (χ2v) is 6.93. The Hall–Kier alpha value is -3.15. The van der Waals surface area contributed by atoms with Crippen LogP contribution in [0.5, 0.6) is 11.5 Å². The lowest BCUT2D eigenvalue weighted by atomic mass is 9.76. The van der Waals surface area contributed by atoms with Gasteiger partial charge < -0.3 is 14.8 Å². The maximum absolute atomic E-state index is 11.6. The van der Waals surface area contributed by atoms with Crippen molar-refractivity contribution >= 4 is 17.8 Å². The van der Waals surface area contributed by atoms with Gasteiger partial charge in [0.25, 0.3) is 0 Å². The van der Waals surface area contributed by atoms with E-state index in [0.717, 1.165) is 29.5 Å². The highest BCUT2D eigenvalue weighted by Gasteiger charge is 2.29. The highest BCUT2D eigenvalue weighted by atomic mass is 16.5. The van der Waals surface area contributed by atoms with Crippen LogP contribution in [0.3, 0.4) is 0 Å². The number of carbonyl (C=O) groups excluding carboxylic acids is 3. The summed E-state index contributed by atoms with van der Waals surface area (Å²) in [5.41, 5.74) is 3.11. The number of nitrogens with one attached hydrogen (secondary N) is 1. The van der Waals surface area contributed by atoms with Crippen LogP contribution in [-0.4, -0.2) is 17.8 Å². The number of hydrogen-bond acceptors (Lipinski definition) is 5. The van der Waals surface area contributed by atoms with Gasteiger partial charge in [0.15, 0.2) is 0 Å². The lowest BCUT2D eigenvalue weighted by molar-refractivity contribution is -0.132. The van der Waals surface area contributed by atoms with Crippen molar-refractivity contribution in [3.63, 3.8) is 0 Å². The van der Waals surface area contributed by atoms with E-state index in [4.69, 9.17) is 9.47 Å². The summed E-state index contributed by atoms with van der Waals surface area (Å²) >= 11 is 0. The first-order valence-corrected chi connectivity index (χ1v) is 9.21. The van der Waals surface area contributed by atoms with Crippen LogP contribution in [0.2, 0.25) is 0 Å². The van der Waals surface area contributed by atoms with Crippen molar-refractivity contribution in [3.05, 3.63) is 59.2 Å². The lowest BCUT2D eigenvalue weighted by Gasteiger charge is -2.32. The summed E-state index contributed by atoms with van der Waals surface area (Å²) in [5, 5.41) is 3.00. The fourth-order valence-corrected chi connectivity index (χ4v) is 3.72. The van der Waals surface area contributed by atoms with Crippen LogP contribution in [0, 0.1) is 0 Å². The van der Waals surface area contributed by atoms with Crippen LogP contribution < -0.4 is 14.8 Å². The number of ether oxygens (including phenoxy) is 2. The third kappa shape index (κ3) is 4.57. The Morgan fingerprint density at radius 1 is 0.821 bits per heavy atom. The van der Waals surface area contributed by atoms with Crippen LogP contribution >= 0.6 is 0 Å². The molecule has 0 spiro atoms. The van der Waals surface area contributed by atoms with Crippen molar-refractivity contribution in [3.8, 4) is 11.5 Å². The maximum Gasteiger partial charge on any atom is 0.308 e. The molecule has 146 valence electrons. The first-order chi connectivity index (χ1) is 13.3. The van der Waals surface area contributed by atoms with E-state index in [1.165, 1.54) is 20.8 Å². The zero-order chi connectivity index (χ0) is 20.3. The summed E-state index contributed by atoms with van der Waals surface area (Å²) in [5.74, 6) is 0.246. The number of benzene rings is 2. The van der Waals surface area contributed by atoms with Crippen LogP contribution in [0.15, 0.2) is 42.5 Å². The molecule has 6 heteroatoms. The predicted octanol–water partition coefficient (Wildman–Crippen LogP) is 3.64. The Morgan fingerprint density at radius 3 is 2.04 bits per heavy atom. The average Bonchev–Trinajstić information content (AvgIpc) is 2.61. The molecule has 6 nitrogen and oxygen atoms in total. The van der Waals surface area contributed by atoms with Crippen LogP contribution in [0.1, 0.15) is 62.3 Å². The zero-order valence-corrected chi connectivity index (χ0v) is 16.2. The third-order valence-corrected chi connectivity index (χ3v) is 4.74. The molecule has 0 fully saturated rings. The van der Waals surface area contributed by atoms with Crippen molar-refractivity contribution < 1.29 is 23.9 Å². The molecule has 0 saturated heterocycles. The Labute approximate surface area is 163 Å². The number of hydrogen-bond donors (Lipinski definition) is 1. The standard InChI is InChI=1S/C22H23NO5/c1-13(24)23-22-11-10-19(16-4-6-17(7-5-16)27-14(2)25)21-12-18(28-15(3)26)8-9-20(21)22/h4-9,12,19,22H,10-11H2,1-3H3,(H,23,24)/t19-,22-/m1/s1. The van der Waals surface area contributed by atoms with E-state index < -0.39 is 0 Å². The minimum absolute atomic E-state index is 0.0737. The zero-order valence-electron chi connectivity index (χ0n) is 16.2. The van der Waals surface area contributed by atoms with Crippen LogP contribution in [0.4, 0.5) is 0 Å². The molecular formula is C22H23NO5. The normalized spacial score (nSPS) is 18.0. The lowest BCUT2D eigenvalue weighted by Crippen LogP contribution is -2.30. The monoisotopic (exact) mass is 381 g/mol. The SMILES string of the molecule is CC(=O)N[C@@H]1CC[C@H](c2ccc(OC(C)=O)cc2)c2cc(OC(C)=O)ccc21. The van der Waals surface area contributed by atoms with Gasteiger partial charge in [-0.15, -0.1) is 0 Å². The van der Waals surface area contributed by atoms with E-state index in [1.54, 1.807) is 18.2 Å². The van der Waals surface area contributed by atoms with Gasteiger partial charge in [-0.2, -0.15) is 0 Å². The molecule has 3 rings (SSSR count). The molecule has 0 aromatic heterocycles. The number of esters is 2. The molecule has 1 aliphatic rings. The molecule has 0 aliphatic heterocycles. The smallest absolute Gasteiger partial charge is 0.308 e. The minimum atomic E-state index is -0.378. The third-order valence-electron chi connectivity index (χ3n) is 4.74. The topological polar surface area (TPSA) is 81.7 Å². The van der Waals surface area contributed by atoms with Gasteiger partial charge in [-0.3, -0.25) is 14.4 Å². The number of rotatable bonds is 4. The van der Waals surface area contributed by atoms with Gasteiger partial charge >= 0.3 is 11.9 Å². The summed E-state index contributed by atoms with van der Waals surface area (Å²) < 4.78 is 10.4. The van der Waals surface area contributed by atoms with Gasteiger partial charge in [0, 0.05) is 26.7 Å². The summed E-state index contributed by atoms with van der Waals surface area (Å²) in [4.78, 5) is 34.1. The number of amides is 1. The van der Waals surface area contributed by atoms with E-state index in [-0.39, 0.29) is 29.8 Å². The van der Waals surface area contributed by atoms with E-state index >= 15 is 0 Å². The van der Waals surface area contributed by atoms with Crippen molar-refractivity contribution in [1.29, 1.82) is 0 Å². The summed E-state index contributed by atoms with van der Waals surface area (Å²) in [6, 6.07) is 12.9. The van der Waals surface area contributed by atoms with Crippen molar-refractivity contribution in [2.75, 3.05) is 0 Å². The Balaban J connectivity index is 1.97. The fourth-order valence-electron chi connectivity index (χ4n) is 3.72. The highest BCUT2D eigenvalue weighted by Crippen LogP contribution is 2.43. The molecule has 1 N–H and O–H groups in total. The van der Waals surface area contributed by atoms with Gasteiger partial charge in [-0.05, 0) is 53.8 Å².